The molecular weight excluding hydrogens is 412 g/mol. The SMILES string of the molecule is CCc1nn(CCCOC(=O)C2CCN(C(C)=O)C2)c2c1C(=O)NCC1(CCOCC1)C2. The normalized spacial score (nSPS) is 22.4. The minimum absolute atomic E-state index is 0.00209. The van der Waals surface area contributed by atoms with Crippen LogP contribution in [-0.2, 0) is 38.4 Å². The molecule has 1 atom stereocenters. The predicted octanol–water partition coefficient (Wildman–Crippen LogP) is 1.33. The number of amides is 2. The lowest BCUT2D eigenvalue weighted by molar-refractivity contribution is -0.148. The standard InChI is InChI=1S/C23H34N4O5/c1-3-18-20-19(13-23(15-24-21(20)29)6-11-31-12-7-23)27(25-18)8-4-10-32-22(30)17-5-9-26(14-17)16(2)28/h17H,3-15H2,1-2H3,(H,24,29). The lowest BCUT2D eigenvalue weighted by atomic mass is 9.76. The van der Waals surface area contributed by atoms with Crippen molar-refractivity contribution in [2.24, 2.45) is 11.3 Å². The number of hydrogen-bond acceptors (Lipinski definition) is 6. The van der Waals surface area contributed by atoms with E-state index in [1.807, 2.05) is 11.6 Å². The largest absolute Gasteiger partial charge is 0.465 e. The number of aryl methyl sites for hydroxylation is 2. The molecule has 176 valence electrons. The quantitative estimate of drug-likeness (QED) is 0.522. The molecule has 0 radical (unpaired) electrons. The van der Waals surface area contributed by atoms with Crippen LogP contribution in [0.15, 0.2) is 0 Å². The number of nitrogens with zero attached hydrogens (tertiary/aromatic N) is 3. The van der Waals surface area contributed by atoms with Crippen LogP contribution in [0.3, 0.4) is 0 Å². The number of aromatic nitrogens is 2. The van der Waals surface area contributed by atoms with Crippen LogP contribution < -0.4 is 5.32 Å². The van der Waals surface area contributed by atoms with Crippen molar-refractivity contribution >= 4 is 17.8 Å². The summed E-state index contributed by atoms with van der Waals surface area (Å²) in [5.74, 6) is -0.502. The number of ether oxygens (including phenoxy) is 2. The molecule has 2 fully saturated rings. The molecule has 0 aromatic carbocycles. The Labute approximate surface area is 188 Å². The first-order valence-corrected chi connectivity index (χ1v) is 11.8. The van der Waals surface area contributed by atoms with Crippen LogP contribution in [0.5, 0.6) is 0 Å². The van der Waals surface area contributed by atoms with E-state index in [9.17, 15) is 14.4 Å². The van der Waals surface area contributed by atoms with Crippen molar-refractivity contribution in [1.29, 1.82) is 0 Å². The van der Waals surface area contributed by atoms with E-state index in [1.54, 1.807) is 4.90 Å². The summed E-state index contributed by atoms with van der Waals surface area (Å²) in [6, 6.07) is 0. The van der Waals surface area contributed by atoms with Gasteiger partial charge >= 0.3 is 5.97 Å². The molecule has 9 heteroatoms. The summed E-state index contributed by atoms with van der Waals surface area (Å²) in [4.78, 5) is 38.4. The van der Waals surface area contributed by atoms with Crippen LogP contribution in [0, 0.1) is 11.3 Å². The number of carbonyl (C=O) groups is 3. The summed E-state index contributed by atoms with van der Waals surface area (Å²) in [7, 11) is 0. The van der Waals surface area contributed by atoms with Crippen LogP contribution in [-0.4, -0.2) is 71.9 Å². The maximum atomic E-state index is 12.9. The molecule has 4 rings (SSSR count). The third-order valence-corrected chi connectivity index (χ3v) is 7.14. The van der Waals surface area contributed by atoms with Crippen LogP contribution >= 0.6 is 0 Å². The summed E-state index contributed by atoms with van der Waals surface area (Å²) in [6.07, 6.45) is 4.64. The summed E-state index contributed by atoms with van der Waals surface area (Å²) >= 11 is 0. The average molecular weight is 447 g/mol. The van der Waals surface area contributed by atoms with Gasteiger partial charge in [-0.2, -0.15) is 5.10 Å². The molecule has 1 aromatic rings. The van der Waals surface area contributed by atoms with Crippen molar-refractivity contribution < 1.29 is 23.9 Å². The molecule has 3 aliphatic rings. The Morgan fingerprint density at radius 3 is 2.78 bits per heavy atom. The second-order valence-electron chi connectivity index (χ2n) is 9.29. The van der Waals surface area contributed by atoms with Gasteiger partial charge in [-0.05, 0) is 37.5 Å². The van der Waals surface area contributed by atoms with Crippen molar-refractivity contribution in [2.45, 2.75) is 58.9 Å². The molecule has 32 heavy (non-hydrogen) atoms. The molecule has 1 spiro atoms. The first-order chi connectivity index (χ1) is 15.4. The number of fused-ring (bicyclic) bond motifs is 1. The topological polar surface area (TPSA) is 103 Å². The Morgan fingerprint density at radius 1 is 1.31 bits per heavy atom. The van der Waals surface area contributed by atoms with Crippen molar-refractivity contribution in [3.63, 3.8) is 0 Å². The van der Waals surface area contributed by atoms with Gasteiger partial charge in [0.1, 0.15) is 0 Å². The minimum atomic E-state index is -0.233. The highest BCUT2D eigenvalue weighted by Gasteiger charge is 2.39. The molecule has 3 aliphatic heterocycles. The monoisotopic (exact) mass is 446 g/mol. The predicted molar refractivity (Wildman–Crippen MR) is 116 cm³/mol. The summed E-state index contributed by atoms with van der Waals surface area (Å²) < 4.78 is 13.0. The van der Waals surface area contributed by atoms with E-state index in [2.05, 4.69) is 5.32 Å². The van der Waals surface area contributed by atoms with Crippen molar-refractivity contribution in [3.8, 4) is 0 Å². The Balaban J connectivity index is 1.39. The van der Waals surface area contributed by atoms with Gasteiger partial charge in [-0.3, -0.25) is 19.1 Å². The van der Waals surface area contributed by atoms with Gasteiger partial charge < -0.3 is 19.7 Å². The smallest absolute Gasteiger partial charge is 0.310 e. The van der Waals surface area contributed by atoms with Crippen molar-refractivity contribution in [1.82, 2.24) is 20.0 Å². The fourth-order valence-corrected chi connectivity index (χ4v) is 5.10. The summed E-state index contributed by atoms with van der Waals surface area (Å²) in [6.45, 7) is 7.61. The second kappa shape index (κ2) is 9.60. The molecule has 0 saturated carbocycles. The van der Waals surface area contributed by atoms with E-state index in [0.717, 1.165) is 49.4 Å². The number of esters is 1. The molecule has 1 N–H and O–H groups in total. The lowest BCUT2D eigenvalue weighted by Crippen LogP contribution is -2.40. The van der Waals surface area contributed by atoms with Gasteiger partial charge in [-0.15, -0.1) is 0 Å². The number of nitrogens with one attached hydrogen (secondary N) is 1. The molecule has 1 unspecified atom stereocenters. The molecule has 1 aromatic heterocycles. The first kappa shape index (κ1) is 22.8. The molecule has 0 bridgehead atoms. The van der Waals surface area contributed by atoms with Gasteiger partial charge in [0.15, 0.2) is 0 Å². The van der Waals surface area contributed by atoms with E-state index in [4.69, 9.17) is 14.6 Å². The van der Waals surface area contributed by atoms with Gasteiger partial charge in [-0.25, -0.2) is 0 Å². The van der Waals surface area contributed by atoms with E-state index in [1.165, 1.54) is 6.92 Å². The average Bonchev–Trinajstić information content (AvgIpc) is 3.38. The van der Waals surface area contributed by atoms with Gasteiger partial charge in [0.05, 0.1) is 29.5 Å². The maximum absolute atomic E-state index is 12.9. The van der Waals surface area contributed by atoms with E-state index in [-0.39, 0.29) is 29.1 Å². The summed E-state index contributed by atoms with van der Waals surface area (Å²) in [5, 5.41) is 7.87. The molecule has 0 aliphatic carbocycles. The number of rotatable bonds is 6. The Kier molecular flexibility index (Phi) is 6.83. The maximum Gasteiger partial charge on any atom is 0.310 e. The molecule has 4 heterocycles. The molecule has 9 nitrogen and oxygen atoms in total. The molecule has 2 amide bonds. The number of carbonyl (C=O) groups excluding carboxylic acids is 3. The van der Waals surface area contributed by atoms with Gasteiger partial charge in [0.2, 0.25) is 5.91 Å². The third-order valence-electron chi connectivity index (χ3n) is 7.14. The summed E-state index contributed by atoms with van der Waals surface area (Å²) in [5.41, 5.74) is 2.56. The molecule has 2 saturated heterocycles. The highest BCUT2D eigenvalue weighted by atomic mass is 16.5. The number of hydrogen-bond donors (Lipinski definition) is 1. The van der Waals surface area contributed by atoms with E-state index >= 15 is 0 Å². The highest BCUT2D eigenvalue weighted by molar-refractivity contribution is 5.97. The van der Waals surface area contributed by atoms with Gasteiger partial charge in [0.25, 0.3) is 5.91 Å². The Morgan fingerprint density at radius 2 is 2.09 bits per heavy atom. The van der Waals surface area contributed by atoms with Crippen molar-refractivity contribution in [2.75, 3.05) is 39.5 Å². The minimum Gasteiger partial charge on any atom is -0.465 e. The van der Waals surface area contributed by atoms with E-state index in [0.29, 0.717) is 52.0 Å². The Bertz CT molecular complexity index is 874. The van der Waals surface area contributed by atoms with Crippen LogP contribution in [0.25, 0.3) is 0 Å². The highest BCUT2D eigenvalue weighted by Crippen LogP contribution is 2.37. The number of likely N-dealkylation sites (tertiary alicyclic amines) is 1. The lowest BCUT2D eigenvalue weighted by Gasteiger charge is -2.36. The molecular formula is C23H34N4O5. The van der Waals surface area contributed by atoms with Crippen LogP contribution in [0.2, 0.25) is 0 Å². The Hall–Kier alpha value is -2.42. The van der Waals surface area contributed by atoms with Crippen LogP contribution in [0.4, 0.5) is 0 Å². The van der Waals surface area contributed by atoms with Crippen molar-refractivity contribution in [3.05, 3.63) is 17.0 Å². The zero-order valence-electron chi connectivity index (χ0n) is 19.2. The zero-order valence-corrected chi connectivity index (χ0v) is 19.2. The first-order valence-electron chi connectivity index (χ1n) is 11.8. The van der Waals surface area contributed by atoms with Crippen LogP contribution in [0.1, 0.15) is 61.3 Å². The fourth-order valence-electron chi connectivity index (χ4n) is 5.10. The van der Waals surface area contributed by atoms with Gasteiger partial charge in [0, 0.05) is 52.7 Å². The van der Waals surface area contributed by atoms with Gasteiger partial charge in [-0.1, -0.05) is 6.92 Å². The fraction of sp³-hybridized carbons (Fsp3) is 0.739. The third kappa shape index (κ3) is 4.67. The zero-order chi connectivity index (χ0) is 22.7. The second-order valence-corrected chi connectivity index (χ2v) is 9.29. The van der Waals surface area contributed by atoms with E-state index < -0.39 is 0 Å².